The summed E-state index contributed by atoms with van der Waals surface area (Å²) in [6.07, 6.45) is -0.0747. The van der Waals surface area contributed by atoms with Crippen molar-refractivity contribution in [1.82, 2.24) is 10.3 Å². The number of nitrogens with one attached hydrogen (secondary N) is 1. The van der Waals surface area contributed by atoms with Crippen molar-refractivity contribution < 1.29 is 14.3 Å². The lowest BCUT2D eigenvalue weighted by Gasteiger charge is -2.18. The van der Waals surface area contributed by atoms with Crippen molar-refractivity contribution >= 4 is 28.6 Å². The van der Waals surface area contributed by atoms with Gasteiger partial charge >= 0.3 is 0 Å². The molecule has 112 valence electrons. The summed E-state index contributed by atoms with van der Waals surface area (Å²) in [5.74, 6) is -0.172. The summed E-state index contributed by atoms with van der Waals surface area (Å²) in [5, 5.41) is 7.61. The number of hydrogen-bond donors (Lipinski definition) is 1. The second kappa shape index (κ2) is 6.65. The minimum Gasteiger partial charge on any atom is -0.376 e. The smallest absolute Gasteiger partial charge is 0.271 e. The number of aromatic nitrogens is 1. The van der Waals surface area contributed by atoms with Gasteiger partial charge in [-0.2, -0.15) is 0 Å². The van der Waals surface area contributed by atoms with Crippen LogP contribution in [-0.4, -0.2) is 42.9 Å². The fourth-order valence-electron chi connectivity index (χ4n) is 2.18. The third-order valence-electron chi connectivity index (χ3n) is 3.19. The zero-order chi connectivity index (χ0) is 14.7. The molecule has 0 radical (unpaired) electrons. The van der Waals surface area contributed by atoms with E-state index in [0.29, 0.717) is 25.5 Å². The van der Waals surface area contributed by atoms with E-state index in [4.69, 9.17) is 9.47 Å². The maximum atomic E-state index is 12.3. The number of carbonyl (C=O) groups is 1. The normalized spacial score (nSPS) is 21.6. The summed E-state index contributed by atoms with van der Waals surface area (Å²) >= 11 is 3.10. The van der Waals surface area contributed by atoms with Gasteiger partial charge in [-0.15, -0.1) is 22.7 Å². The summed E-state index contributed by atoms with van der Waals surface area (Å²) in [5.41, 5.74) is 0.450. The first kappa shape index (κ1) is 14.6. The highest BCUT2D eigenvalue weighted by atomic mass is 32.1. The van der Waals surface area contributed by atoms with Gasteiger partial charge in [0.2, 0.25) is 0 Å². The molecule has 3 heterocycles. The molecule has 1 N–H and O–H groups in total. The van der Waals surface area contributed by atoms with Crippen LogP contribution in [0.25, 0.3) is 9.88 Å². The van der Waals surface area contributed by atoms with Crippen molar-refractivity contribution in [2.24, 2.45) is 0 Å². The standard InChI is InChI=1S/C14H16N2O3S2/c1-2-19-11-7-18-6-9(11)15-13(17)10-8-21-14(16-10)12-4-3-5-20-12/h3-5,8-9,11H,2,6-7H2,1H3,(H,15,17)/t9-,11-/m0/s1. The number of thiophene rings is 1. The molecule has 7 heteroatoms. The van der Waals surface area contributed by atoms with Crippen LogP contribution in [0.1, 0.15) is 17.4 Å². The van der Waals surface area contributed by atoms with Crippen molar-refractivity contribution in [2.75, 3.05) is 19.8 Å². The lowest BCUT2D eigenvalue weighted by molar-refractivity contribution is 0.0402. The molecule has 3 rings (SSSR count). The summed E-state index contributed by atoms with van der Waals surface area (Å²) in [7, 11) is 0. The van der Waals surface area contributed by atoms with Crippen molar-refractivity contribution in [1.29, 1.82) is 0 Å². The maximum Gasteiger partial charge on any atom is 0.271 e. The largest absolute Gasteiger partial charge is 0.376 e. The molecule has 1 aliphatic heterocycles. The van der Waals surface area contributed by atoms with Crippen LogP contribution in [0.2, 0.25) is 0 Å². The summed E-state index contributed by atoms with van der Waals surface area (Å²) in [6, 6.07) is 3.87. The number of thiazole rings is 1. The number of rotatable bonds is 5. The van der Waals surface area contributed by atoms with Crippen LogP contribution in [0.3, 0.4) is 0 Å². The van der Waals surface area contributed by atoms with Gasteiger partial charge in [-0.1, -0.05) is 6.07 Å². The molecule has 0 aliphatic carbocycles. The van der Waals surface area contributed by atoms with Crippen LogP contribution in [0, 0.1) is 0 Å². The molecule has 2 aromatic rings. The van der Waals surface area contributed by atoms with Gasteiger partial charge in [0.15, 0.2) is 0 Å². The van der Waals surface area contributed by atoms with Crippen LogP contribution in [0.15, 0.2) is 22.9 Å². The van der Waals surface area contributed by atoms with Crippen LogP contribution >= 0.6 is 22.7 Å². The molecule has 2 atom stereocenters. The van der Waals surface area contributed by atoms with E-state index in [1.807, 2.05) is 24.4 Å². The summed E-state index contributed by atoms with van der Waals surface area (Å²) in [4.78, 5) is 17.7. The molecule has 0 bridgehead atoms. The monoisotopic (exact) mass is 324 g/mol. The number of hydrogen-bond acceptors (Lipinski definition) is 6. The molecule has 0 saturated carbocycles. The van der Waals surface area contributed by atoms with Crippen molar-refractivity contribution in [3.63, 3.8) is 0 Å². The SMILES string of the molecule is CCO[C@H]1COC[C@@H]1NC(=O)c1csc(-c2cccs2)n1. The topological polar surface area (TPSA) is 60.5 Å². The van der Waals surface area contributed by atoms with E-state index in [2.05, 4.69) is 10.3 Å². The van der Waals surface area contributed by atoms with Crippen LogP contribution in [-0.2, 0) is 9.47 Å². The van der Waals surface area contributed by atoms with E-state index in [-0.39, 0.29) is 18.1 Å². The van der Waals surface area contributed by atoms with Crippen LogP contribution < -0.4 is 5.32 Å². The number of ether oxygens (including phenoxy) is 2. The molecule has 0 aromatic carbocycles. The van der Waals surface area contributed by atoms with E-state index < -0.39 is 0 Å². The lowest BCUT2D eigenvalue weighted by atomic mass is 10.2. The highest BCUT2D eigenvalue weighted by molar-refractivity contribution is 7.20. The minimum absolute atomic E-state index is 0.0747. The summed E-state index contributed by atoms with van der Waals surface area (Å²) < 4.78 is 10.9. The maximum absolute atomic E-state index is 12.3. The lowest BCUT2D eigenvalue weighted by Crippen LogP contribution is -2.43. The van der Waals surface area contributed by atoms with Crippen molar-refractivity contribution in [2.45, 2.75) is 19.1 Å². The molecular formula is C14H16N2O3S2. The predicted octanol–water partition coefficient (Wildman–Crippen LogP) is 2.41. The molecule has 0 spiro atoms. The van der Waals surface area contributed by atoms with Crippen LogP contribution in [0.4, 0.5) is 0 Å². The highest BCUT2D eigenvalue weighted by Crippen LogP contribution is 2.27. The van der Waals surface area contributed by atoms with Gasteiger partial charge in [-0.05, 0) is 18.4 Å². The van der Waals surface area contributed by atoms with Crippen molar-refractivity contribution in [3.8, 4) is 9.88 Å². The van der Waals surface area contributed by atoms with Gasteiger partial charge in [0.1, 0.15) is 16.8 Å². The second-order valence-electron chi connectivity index (χ2n) is 4.63. The van der Waals surface area contributed by atoms with Gasteiger partial charge in [-0.3, -0.25) is 4.79 Å². The average molecular weight is 324 g/mol. The summed E-state index contributed by atoms with van der Waals surface area (Å²) in [6.45, 7) is 3.55. The molecular weight excluding hydrogens is 308 g/mol. The van der Waals surface area contributed by atoms with E-state index in [1.54, 1.807) is 16.7 Å². The molecule has 5 nitrogen and oxygen atoms in total. The Balaban J connectivity index is 1.66. The fraction of sp³-hybridized carbons (Fsp3) is 0.429. The molecule has 1 amide bonds. The Morgan fingerprint density at radius 1 is 1.52 bits per heavy atom. The Hall–Kier alpha value is -1.28. The highest BCUT2D eigenvalue weighted by Gasteiger charge is 2.30. The first-order valence-corrected chi connectivity index (χ1v) is 8.53. The van der Waals surface area contributed by atoms with Crippen LogP contribution in [0.5, 0.6) is 0 Å². The Kier molecular flexibility index (Phi) is 4.64. The Morgan fingerprint density at radius 3 is 3.19 bits per heavy atom. The Bertz CT molecular complexity index is 597. The van der Waals surface area contributed by atoms with E-state index in [1.165, 1.54) is 11.3 Å². The first-order chi connectivity index (χ1) is 10.3. The van der Waals surface area contributed by atoms with Gasteiger partial charge in [-0.25, -0.2) is 4.98 Å². The molecule has 1 aliphatic rings. The Labute approximate surface area is 130 Å². The molecule has 1 fully saturated rings. The van der Waals surface area contributed by atoms with Gasteiger partial charge in [0.25, 0.3) is 5.91 Å². The van der Waals surface area contributed by atoms with E-state index >= 15 is 0 Å². The van der Waals surface area contributed by atoms with Gasteiger partial charge in [0, 0.05) is 12.0 Å². The van der Waals surface area contributed by atoms with Gasteiger partial charge in [0.05, 0.1) is 24.1 Å². The first-order valence-electron chi connectivity index (χ1n) is 6.77. The number of amides is 1. The zero-order valence-electron chi connectivity index (χ0n) is 11.6. The number of nitrogens with zero attached hydrogens (tertiary/aromatic N) is 1. The third-order valence-corrected chi connectivity index (χ3v) is 5.08. The zero-order valence-corrected chi connectivity index (χ0v) is 13.2. The molecule has 2 aromatic heterocycles. The van der Waals surface area contributed by atoms with Crippen molar-refractivity contribution in [3.05, 3.63) is 28.6 Å². The predicted molar refractivity (Wildman–Crippen MR) is 82.9 cm³/mol. The average Bonchev–Trinajstić information content (AvgIpc) is 3.20. The van der Waals surface area contributed by atoms with Gasteiger partial charge < -0.3 is 14.8 Å². The fourth-order valence-corrected chi connectivity index (χ4v) is 3.80. The van der Waals surface area contributed by atoms with E-state index in [9.17, 15) is 4.79 Å². The third kappa shape index (κ3) is 3.32. The molecule has 0 unspecified atom stereocenters. The quantitative estimate of drug-likeness (QED) is 0.917. The number of carbonyl (C=O) groups excluding carboxylic acids is 1. The molecule has 1 saturated heterocycles. The minimum atomic E-state index is -0.172. The second-order valence-corrected chi connectivity index (χ2v) is 6.43. The molecule has 21 heavy (non-hydrogen) atoms. The Morgan fingerprint density at radius 2 is 2.43 bits per heavy atom. The van der Waals surface area contributed by atoms with E-state index in [0.717, 1.165) is 9.88 Å².